The van der Waals surface area contributed by atoms with Crippen LogP contribution >= 0.6 is 0 Å². The van der Waals surface area contributed by atoms with Crippen molar-refractivity contribution in [1.82, 2.24) is 9.21 Å². The lowest BCUT2D eigenvalue weighted by molar-refractivity contribution is -0.130. The number of rotatable bonds is 5. The number of likely N-dealkylation sites (tertiary alicyclic amines) is 1. The fraction of sp³-hybridized carbons (Fsp3) is 0.632. The summed E-state index contributed by atoms with van der Waals surface area (Å²) >= 11 is 0. The van der Waals surface area contributed by atoms with Gasteiger partial charge in [-0.15, -0.1) is 0 Å². The average molecular weight is 365 g/mol. The standard InChI is InChI=1S/C19H28N2O3S/c1-4-5-10-25(23,24)20-11-16-12-21(15(3)22)19(18(16)13-20)17-9-7-6-8-14(17)2/h6-9,16,18-19H,4-5,10-13H2,1-3H3/t16-,18-,19+/m1/s1. The molecule has 5 nitrogen and oxygen atoms in total. The summed E-state index contributed by atoms with van der Waals surface area (Å²) < 4.78 is 26.9. The number of carbonyl (C=O) groups is 1. The van der Waals surface area contributed by atoms with Gasteiger partial charge in [-0.2, -0.15) is 0 Å². The van der Waals surface area contributed by atoms with Crippen LogP contribution < -0.4 is 0 Å². The van der Waals surface area contributed by atoms with E-state index < -0.39 is 10.0 Å². The number of benzene rings is 1. The Balaban J connectivity index is 1.87. The quantitative estimate of drug-likeness (QED) is 0.807. The van der Waals surface area contributed by atoms with Gasteiger partial charge in [0.2, 0.25) is 15.9 Å². The van der Waals surface area contributed by atoms with Crippen molar-refractivity contribution in [3.8, 4) is 0 Å². The Kier molecular flexibility index (Phi) is 5.21. The average Bonchev–Trinajstić information content (AvgIpc) is 3.12. The smallest absolute Gasteiger partial charge is 0.219 e. The third-order valence-electron chi connectivity index (χ3n) is 5.69. The van der Waals surface area contributed by atoms with Crippen LogP contribution in [0.15, 0.2) is 24.3 Å². The molecule has 0 aromatic heterocycles. The molecule has 2 aliphatic rings. The van der Waals surface area contributed by atoms with Gasteiger partial charge in [0.1, 0.15) is 0 Å². The van der Waals surface area contributed by atoms with Crippen molar-refractivity contribution < 1.29 is 13.2 Å². The fourth-order valence-electron chi connectivity index (χ4n) is 4.33. The summed E-state index contributed by atoms with van der Waals surface area (Å²) in [6.45, 7) is 7.40. The zero-order valence-corrected chi connectivity index (χ0v) is 16.1. The minimum Gasteiger partial charge on any atom is -0.335 e. The molecule has 2 heterocycles. The van der Waals surface area contributed by atoms with Crippen molar-refractivity contribution in [1.29, 1.82) is 0 Å². The Morgan fingerprint density at radius 3 is 2.56 bits per heavy atom. The molecule has 138 valence electrons. The van der Waals surface area contributed by atoms with Crippen LogP contribution in [0.3, 0.4) is 0 Å². The minimum atomic E-state index is -3.19. The van der Waals surface area contributed by atoms with Crippen LogP contribution in [-0.2, 0) is 14.8 Å². The van der Waals surface area contributed by atoms with Gasteiger partial charge in [0.15, 0.2) is 0 Å². The molecule has 0 aliphatic carbocycles. The van der Waals surface area contributed by atoms with Crippen LogP contribution in [0.5, 0.6) is 0 Å². The summed E-state index contributed by atoms with van der Waals surface area (Å²) in [5, 5.41) is 0. The van der Waals surface area contributed by atoms with Crippen molar-refractivity contribution in [2.45, 2.75) is 39.7 Å². The van der Waals surface area contributed by atoms with Gasteiger partial charge in [0.25, 0.3) is 0 Å². The molecular weight excluding hydrogens is 336 g/mol. The van der Waals surface area contributed by atoms with Gasteiger partial charge >= 0.3 is 0 Å². The van der Waals surface area contributed by atoms with E-state index in [4.69, 9.17) is 0 Å². The number of sulfonamides is 1. The van der Waals surface area contributed by atoms with Crippen molar-refractivity contribution in [3.05, 3.63) is 35.4 Å². The molecule has 0 radical (unpaired) electrons. The Bertz CT molecular complexity index is 747. The Hall–Kier alpha value is -1.40. The van der Waals surface area contributed by atoms with E-state index in [1.54, 1.807) is 11.2 Å². The summed E-state index contributed by atoms with van der Waals surface area (Å²) in [6, 6.07) is 8.12. The second kappa shape index (κ2) is 7.08. The Labute approximate surface area is 151 Å². The molecule has 0 spiro atoms. The first-order valence-corrected chi connectivity index (χ1v) is 10.8. The molecule has 6 heteroatoms. The SMILES string of the molecule is CCCCS(=O)(=O)N1C[C@@H]2CN(C(C)=O)[C@@H](c3ccccc3C)[C@@H]2C1. The number of hydrogen-bond donors (Lipinski definition) is 0. The van der Waals surface area contributed by atoms with Crippen LogP contribution in [0.4, 0.5) is 0 Å². The highest BCUT2D eigenvalue weighted by Crippen LogP contribution is 2.46. The maximum atomic E-state index is 12.6. The van der Waals surface area contributed by atoms with E-state index in [1.807, 2.05) is 24.0 Å². The molecule has 25 heavy (non-hydrogen) atoms. The number of hydrogen-bond acceptors (Lipinski definition) is 3. The summed E-state index contributed by atoms with van der Waals surface area (Å²) in [4.78, 5) is 14.1. The molecule has 2 aliphatic heterocycles. The highest BCUT2D eigenvalue weighted by Gasteiger charge is 2.50. The van der Waals surface area contributed by atoms with Gasteiger partial charge in [-0.05, 0) is 30.4 Å². The summed E-state index contributed by atoms with van der Waals surface area (Å²) in [5.74, 6) is 0.711. The normalized spacial score (nSPS) is 26.8. The third kappa shape index (κ3) is 3.47. The second-order valence-corrected chi connectivity index (χ2v) is 9.47. The molecule has 0 N–H and O–H groups in total. The third-order valence-corrected chi connectivity index (χ3v) is 7.58. The Morgan fingerprint density at radius 2 is 1.92 bits per heavy atom. The maximum absolute atomic E-state index is 12.6. The number of amides is 1. The van der Waals surface area contributed by atoms with Crippen LogP contribution in [0, 0.1) is 18.8 Å². The topological polar surface area (TPSA) is 57.7 Å². The van der Waals surface area contributed by atoms with Gasteiger partial charge < -0.3 is 4.90 Å². The van der Waals surface area contributed by atoms with Gasteiger partial charge in [-0.3, -0.25) is 4.79 Å². The predicted octanol–water partition coefficient (Wildman–Crippen LogP) is 2.58. The first-order valence-electron chi connectivity index (χ1n) is 9.15. The Morgan fingerprint density at radius 1 is 1.20 bits per heavy atom. The van der Waals surface area contributed by atoms with E-state index in [0.29, 0.717) is 26.1 Å². The molecule has 0 saturated carbocycles. The zero-order valence-electron chi connectivity index (χ0n) is 15.3. The van der Waals surface area contributed by atoms with Gasteiger partial charge in [0, 0.05) is 32.5 Å². The summed E-state index contributed by atoms with van der Waals surface area (Å²) in [6.07, 6.45) is 1.58. The number of nitrogens with zero attached hydrogens (tertiary/aromatic N) is 2. The molecular formula is C19H28N2O3S. The first kappa shape index (κ1) is 18.4. The van der Waals surface area contributed by atoms with E-state index in [2.05, 4.69) is 19.1 Å². The van der Waals surface area contributed by atoms with Crippen LogP contribution in [-0.4, -0.2) is 48.9 Å². The zero-order chi connectivity index (χ0) is 18.2. The molecule has 2 fully saturated rings. The van der Waals surface area contributed by atoms with E-state index in [-0.39, 0.29) is 29.5 Å². The molecule has 3 atom stereocenters. The number of aryl methyl sites for hydroxylation is 1. The van der Waals surface area contributed by atoms with Crippen molar-refractivity contribution in [2.75, 3.05) is 25.4 Å². The van der Waals surface area contributed by atoms with Gasteiger partial charge in [-0.1, -0.05) is 37.6 Å². The molecule has 0 bridgehead atoms. The van der Waals surface area contributed by atoms with Crippen LogP contribution in [0.25, 0.3) is 0 Å². The predicted molar refractivity (Wildman–Crippen MR) is 98.6 cm³/mol. The number of carbonyl (C=O) groups excluding carboxylic acids is 1. The highest BCUT2D eigenvalue weighted by atomic mass is 32.2. The molecule has 0 unspecified atom stereocenters. The monoisotopic (exact) mass is 364 g/mol. The molecule has 2 saturated heterocycles. The maximum Gasteiger partial charge on any atom is 0.219 e. The van der Waals surface area contributed by atoms with E-state index in [0.717, 1.165) is 17.5 Å². The minimum absolute atomic E-state index is 0.0184. The van der Waals surface area contributed by atoms with Crippen molar-refractivity contribution >= 4 is 15.9 Å². The summed E-state index contributed by atoms with van der Waals surface area (Å²) in [7, 11) is -3.19. The molecule has 1 amide bonds. The second-order valence-electron chi connectivity index (χ2n) is 7.38. The van der Waals surface area contributed by atoms with Crippen LogP contribution in [0.1, 0.15) is 43.9 Å². The largest absolute Gasteiger partial charge is 0.335 e. The van der Waals surface area contributed by atoms with E-state index in [1.165, 1.54) is 0 Å². The van der Waals surface area contributed by atoms with Gasteiger partial charge in [-0.25, -0.2) is 12.7 Å². The number of fused-ring (bicyclic) bond motifs is 1. The van der Waals surface area contributed by atoms with E-state index >= 15 is 0 Å². The lowest BCUT2D eigenvalue weighted by Gasteiger charge is -2.30. The lowest BCUT2D eigenvalue weighted by Crippen LogP contribution is -2.37. The molecule has 1 aromatic carbocycles. The fourth-order valence-corrected chi connectivity index (χ4v) is 6.06. The molecule has 3 rings (SSSR count). The lowest BCUT2D eigenvalue weighted by atomic mass is 9.87. The van der Waals surface area contributed by atoms with Gasteiger partial charge in [0.05, 0.1) is 11.8 Å². The van der Waals surface area contributed by atoms with E-state index in [9.17, 15) is 13.2 Å². The summed E-state index contributed by atoms with van der Waals surface area (Å²) in [5.41, 5.74) is 2.31. The van der Waals surface area contributed by atoms with Crippen molar-refractivity contribution in [3.63, 3.8) is 0 Å². The van der Waals surface area contributed by atoms with Crippen molar-refractivity contribution in [2.24, 2.45) is 11.8 Å². The van der Waals surface area contributed by atoms with Crippen LogP contribution in [0.2, 0.25) is 0 Å². The molecule has 1 aromatic rings. The number of unbranched alkanes of at least 4 members (excludes halogenated alkanes) is 1. The highest BCUT2D eigenvalue weighted by molar-refractivity contribution is 7.89. The first-order chi connectivity index (χ1) is 11.8.